The third-order valence-electron chi connectivity index (χ3n) is 4.01. The first kappa shape index (κ1) is 14.4. The molecule has 0 bridgehead atoms. The maximum absolute atomic E-state index is 12.8. The number of carbonyl (C=O) groups excluding carboxylic acids is 1. The molecule has 106 valence electrons. The van der Waals surface area contributed by atoms with Crippen molar-refractivity contribution >= 4 is 5.78 Å². The molecule has 2 N–H and O–H groups in total. The van der Waals surface area contributed by atoms with Gasteiger partial charge in [0.15, 0.2) is 5.78 Å². The van der Waals surface area contributed by atoms with Gasteiger partial charge in [-0.25, -0.2) is 4.68 Å². The summed E-state index contributed by atoms with van der Waals surface area (Å²) in [7, 11) is 0. The molecule has 0 fully saturated rings. The van der Waals surface area contributed by atoms with E-state index >= 15 is 0 Å². The van der Waals surface area contributed by atoms with Crippen molar-refractivity contribution in [1.82, 2.24) is 15.0 Å². The van der Waals surface area contributed by atoms with Gasteiger partial charge in [-0.3, -0.25) is 4.79 Å². The fourth-order valence-electron chi connectivity index (χ4n) is 2.37. The van der Waals surface area contributed by atoms with Gasteiger partial charge in [-0.1, -0.05) is 37.3 Å². The smallest absolute Gasteiger partial charge is 0.190 e. The summed E-state index contributed by atoms with van der Waals surface area (Å²) in [6.45, 7) is 4.31. The van der Waals surface area contributed by atoms with E-state index in [1.165, 1.54) is 6.20 Å². The largest absolute Gasteiger partial charge is 0.329 e. The summed E-state index contributed by atoms with van der Waals surface area (Å²) in [4.78, 5) is 12.8. The SMILES string of the molecule is CCC(CC)(CN)C(=O)c1cnnn1-c1ccccc1. The normalized spacial score (nSPS) is 11.6. The topological polar surface area (TPSA) is 73.8 Å². The van der Waals surface area contributed by atoms with Gasteiger partial charge < -0.3 is 5.73 Å². The van der Waals surface area contributed by atoms with E-state index in [1.54, 1.807) is 4.68 Å². The van der Waals surface area contributed by atoms with Crippen LogP contribution in [0.3, 0.4) is 0 Å². The Kier molecular flexibility index (Phi) is 4.29. The Bertz CT molecular complexity index is 564. The van der Waals surface area contributed by atoms with Gasteiger partial charge in [0.1, 0.15) is 5.69 Å². The molecule has 2 aromatic rings. The minimum Gasteiger partial charge on any atom is -0.329 e. The molecule has 0 unspecified atom stereocenters. The van der Waals surface area contributed by atoms with Gasteiger partial charge in [0.2, 0.25) is 0 Å². The second kappa shape index (κ2) is 5.96. The van der Waals surface area contributed by atoms with Crippen molar-refractivity contribution < 1.29 is 4.79 Å². The van der Waals surface area contributed by atoms with Crippen LogP contribution in [0, 0.1) is 5.41 Å². The van der Waals surface area contributed by atoms with Crippen molar-refractivity contribution in [3.8, 4) is 5.69 Å². The maximum Gasteiger partial charge on any atom is 0.190 e. The van der Waals surface area contributed by atoms with Crippen LogP contribution in [0.1, 0.15) is 37.2 Å². The van der Waals surface area contributed by atoms with Crippen molar-refractivity contribution in [3.63, 3.8) is 0 Å². The highest BCUT2D eigenvalue weighted by atomic mass is 16.1. The lowest BCUT2D eigenvalue weighted by atomic mass is 9.77. The number of Topliss-reactive ketones (excluding diaryl/α,β-unsaturated/α-hetero) is 1. The second-order valence-electron chi connectivity index (χ2n) is 4.89. The summed E-state index contributed by atoms with van der Waals surface area (Å²) >= 11 is 0. The van der Waals surface area contributed by atoms with Crippen LogP contribution in [0.15, 0.2) is 36.5 Å². The number of carbonyl (C=O) groups is 1. The van der Waals surface area contributed by atoms with Crippen molar-refractivity contribution in [3.05, 3.63) is 42.2 Å². The van der Waals surface area contributed by atoms with Crippen molar-refractivity contribution in [2.75, 3.05) is 6.54 Å². The van der Waals surface area contributed by atoms with E-state index in [9.17, 15) is 4.79 Å². The van der Waals surface area contributed by atoms with Crippen molar-refractivity contribution in [2.45, 2.75) is 26.7 Å². The predicted molar refractivity (Wildman–Crippen MR) is 77.8 cm³/mol. The molecule has 1 aromatic heterocycles. The lowest BCUT2D eigenvalue weighted by Gasteiger charge is -2.28. The van der Waals surface area contributed by atoms with Crippen LogP contribution >= 0.6 is 0 Å². The summed E-state index contributed by atoms with van der Waals surface area (Å²) in [6, 6.07) is 9.52. The molecule has 0 spiro atoms. The van der Waals surface area contributed by atoms with Gasteiger partial charge in [-0.15, -0.1) is 5.10 Å². The van der Waals surface area contributed by atoms with Gasteiger partial charge in [0.05, 0.1) is 11.9 Å². The molecule has 20 heavy (non-hydrogen) atoms. The molecule has 1 heterocycles. The first-order valence-corrected chi connectivity index (χ1v) is 6.89. The summed E-state index contributed by atoms with van der Waals surface area (Å²) in [5.41, 5.74) is 6.64. The molecule has 0 saturated heterocycles. The summed E-state index contributed by atoms with van der Waals surface area (Å²) in [5.74, 6) is 0.0128. The molecule has 0 radical (unpaired) electrons. The van der Waals surface area contributed by atoms with Gasteiger partial charge >= 0.3 is 0 Å². The zero-order chi connectivity index (χ0) is 14.6. The number of benzene rings is 1. The number of para-hydroxylation sites is 1. The first-order chi connectivity index (χ1) is 9.68. The Morgan fingerprint density at radius 2 is 1.90 bits per heavy atom. The Morgan fingerprint density at radius 1 is 1.25 bits per heavy atom. The Morgan fingerprint density at radius 3 is 2.45 bits per heavy atom. The van der Waals surface area contributed by atoms with E-state index < -0.39 is 5.41 Å². The third kappa shape index (κ3) is 2.36. The van der Waals surface area contributed by atoms with E-state index in [4.69, 9.17) is 5.73 Å². The fraction of sp³-hybridized carbons (Fsp3) is 0.400. The molecule has 0 amide bonds. The number of aromatic nitrogens is 3. The zero-order valence-corrected chi connectivity index (χ0v) is 11.9. The molecule has 0 aliphatic carbocycles. The average molecular weight is 272 g/mol. The van der Waals surface area contributed by atoms with Crippen molar-refractivity contribution in [2.24, 2.45) is 11.1 Å². The number of hydrogen-bond acceptors (Lipinski definition) is 4. The van der Waals surface area contributed by atoms with Crippen LogP contribution in [-0.2, 0) is 0 Å². The predicted octanol–water partition coefficient (Wildman–Crippen LogP) is 2.22. The van der Waals surface area contributed by atoms with Crippen LogP contribution in [-0.4, -0.2) is 27.3 Å². The number of rotatable bonds is 6. The quantitative estimate of drug-likeness (QED) is 0.818. The summed E-state index contributed by atoms with van der Waals surface area (Å²) in [6.07, 6.45) is 2.93. The van der Waals surface area contributed by atoms with Crippen molar-refractivity contribution in [1.29, 1.82) is 0 Å². The van der Waals surface area contributed by atoms with E-state index in [0.717, 1.165) is 5.69 Å². The lowest BCUT2D eigenvalue weighted by Crippen LogP contribution is -2.38. The molecular weight excluding hydrogens is 252 g/mol. The maximum atomic E-state index is 12.8. The zero-order valence-electron chi connectivity index (χ0n) is 11.9. The minimum absolute atomic E-state index is 0.0128. The summed E-state index contributed by atoms with van der Waals surface area (Å²) in [5, 5.41) is 7.92. The minimum atomic E-state index is -0.533. The molecule has 5 heteroatoms. The molecular formula is C15H20N4O. The van der Waals surface area contributed by atoms with E-state index in [1.807, 2.05) is 44.2 Å². The molecule has 1 aromatic carbocycles. The fourth-order valence-corrected chi connectivity index (χ4v) is 2.37. The number of nitrogens with two attached hydrogens (primary N) is 1. The second-order valence-corrected chi connectivity index (χ2v) is 4.89. The number of hydrogen-bond donors (Lipinski definition) is 1. The van der Waals surface area contributed by atoms with Crippen LogP contribution in [0.4, 0.5) is 0 Å². The first-order valence-electron chi connectivity index (χ1n) is 6.89. The number of ketones is 1. The monoisotopic (exact) mass is 272 g/mol. The Balaban J connectivity index is 2.45. The summed E-state index contributed by atoms with van der Waals surface area (Å²) < 4.78 is 1.58. The van der Waals surface area contributed by atoms with E-state index in [-0.39, 0.29) is 5.78 Å². The van der Waals surface area contributed by atoms with Gasteiger partial charge in [-0.05, 0) is 25.0 Å². The highest BCUT2D eigenvalue weighted by Gasteiger charge is 2.36. The van der Waals surface area contributed by atoms with Crippen LogP contribution in [0.25, 0.3) is 5.69 Å². The van der Waals surface area contributed by atoms with Gasteiger partial charge in [0, 0.05) is 12.0 Å². The number of nitrogens with zero attached hydrogens (tertiary/aromatic N) is 3. The molecule has 2 rings (SSSR count). The standard InChI is InChI=1S/C15H20N4O/c1-3-15(4-2,11-16)14(20)13-10-17-18-19(13)12-8-6-5-7-9-12/h5-10H,3-4,11,16H2,1-2H3. The molecule has 0 saturated carbocycles. The highest BCUT2D eigenvalue weighted by molar-refractivity contribution is 5.99. The molecule has 0 aliphatic rings. The van der Waals surface area contributed by atoms with Gasteiger partial charge in [0.25, 0.3) is 0 Å². The highest BCUT2D eigenvalue weighted by Crippen LogP contribution is 2.30. The lowest BCUT2D eigenvalue weighted by molar-refractivity contribution is 0.0778. The van der Waals surface area contributed by atoms with E-state index in [2.05, 4.69) is 10.3 Å². The van der Waals surface area contributed by atoms with E-state index in [0.29, 0.717) is 25.1 Å². The Labute approximate surface area is 118 Å². The molecule has 0 atom stereocenters. The van der Waals surface area contributed by atoms with Crippen LogP contribution in [0.2, 0.25) is 0 Å². The van der Waals surface area contributed by atoms with Crippen LogP contribution in [0.5, 0.6) is 0 Å². The Hall–Kier alpha value is -2.01. The van der Waals surface area contributed by atoms with Gasteiger partial charge in [-0.2, -0.15) is 0 Å². The van der Waals surface area contributed by atoms with Crippen LogP contribution < -0.4 is 5.73 Å². The molecule has 5 nitrogen and oxygen atoms in total. The third-order valence-corrected chi connectivity index (χ3v) is 4.01. The molecule has 0 aliphatic heterocycles. The average Bonchev–Trinajstić information content (AvgIpc) is 2.99.